The first-order valence-corrected chi connectivity index (χ1v) is 6.33. The van der Waals surface area contributed by atoms with Gasteiger partial charge in [-0.1, -0.05) is 42.0 Å². The molecule has 1 aromatic heterocycles. The molecule has 0 spiro atoms. The third kappa shape index (κ3) is 4.85. The van der Waals surface area contributed by atoms with Crippen LogP contribution in [-0.2, 0) is 0 Å². The topological polar surface area (TPSA) is 12.9 Å². The van der Waals surface area contributed by atoms with Gasteiger partial charge in [0.15, 0.2) is 0 Å². The minimum absolute atomic E-state index is 0.272. The quantitative estimate of drug-likeness (QED) is 0.670. The van der Waals surface area contributed by atoms with Crippen LogP contribution in [0.15, 0.2) is 66.4 Å². The summed E-state index contributed by atoms with van der Waals surface area (Å²) in [6, 6.07) is 13.6. The lowest BCUT2D eigenvalue weighted by atomic mass is 10.2. The Kier molecular flexibility index (Phi) is 5.01. The average Bonchev–Trinajstić information content (AvgIpc) is 2.51. The predicted molar refractivity (Wildman–Crippen MR) is 78.6 cm³/mol. The SMILES string of the molecule is FC(F)(F)/C(C#Cc1ccccn1)=C/C#Cc1ccccc1. The molecule has 4 heteroatoms. The van der Waals surface area contributed by atoms with Crippen molar-refractivity contribution in [1.82, 2.24) is 4.98 Å². The highest BCUT2D eigenvalue weighted by molar-refractivity contribution is 5.45. The number of alkyl halides is 3. The molecule has 1 heterocycles. The molecule has 0 aliphatic rings. The molecular formula is C18H10F3N. The highest BCUT2D eigenvalue weighted by atomic mass is 19.4. The maximum atomic E-state index is 12.9. The number of rotatable bonds is 0. The predicted octanol–water partition coefficient (Wildman–Crippen LogP) is 3.97. The molecule has 0 aliphatic heterocycles. The second kappa shape index (κ2) is 7.15. The lowest BCUT2D eigenvalue weighted by molar-refractivity contribution is -0.0871. The van der Waals surface area contributed by atoms with Crippen LogP contribution in [-0.4, -0.2) is 11.2 Å². The fourth-order valence-electron chi connectivity index (χ4n) is 1.47. The van der Waals surface area contributed by atoms with Gasteiger partial charge in [0.1, 0.15) is 11.3 Å². The maximum absolute atomic E-state index is 12.9. The summed E-state index contributed by atoms with van der Waals surface area (Å²) in [6.45, 7) is 0. The number of hydrogen-bond donors (Lipinski definition) is 0. The average molecular weight is 297 g/mol. The van der Waals surface area contributed by atoms with E-state index in [1.165, 1.54) is 12.3 Å². The van der Waals surface area contributed by atoms with Crippen molar-refractivity contribution in [3.63, 3.8) is 0 Å². The van der Waals surface area contributed by atoms with Crippen molar-refractivity contribution in [3.05, 3.63) is 77.6 Å². The van der Waals surface area contributed by atoms with Gasteiger partial charge in [0, 0.05) is 17.8 Å². The summed E-state index contributed by atoms with van der Waals surface area (Å²) in [5, 5.41) is 0. The Hall–Kier alpha value is -2.98. The third-order valence-electron chi connectivity index (χ3n) is 2.50. The summed E-state index contributed by atoms with van der Waals surface area (Å²) in [7, 11) is 0. The van der Waals surface area contributed by atoms with Gasteiger partial charge in [-0.15, -0.1) is 0 Å². The molecule has 0 amide bonds. The van der Waals surface area contributed by atoms with Crippen molar-refractivity contribution in [1.29, 1.82) is 0 Å². The normalized spacial score (nSPS) is 11.0. The molecule has 0 unspecified atom stereocenters. The largest absolute Gasteiger partial charge is 0.424 e. The van der Waals surface area contributed by atoms with E-state index in [2.05, 4.69) is 28.7 Å². The summed E-state index contributed by atoms with van der Waals surface area (Å²) in [5.41, 5.74) is -0.0896. The van der Waals surface area contributed by atoms with Gasteiger partial charge in [-0.25, -0.2) is 4.98 Å². The Labute approximate surface area is 126 Å². The molecule has 0 aliphatic carbocycles. The van der Waals surface area contributed by atoms with Crippen molar-refractivity contribution in [3.8, 4) is 23.7 Å². The zero-order chi connectivity index (χ0) is 15.8. The van der Waals surface area contributed by atoms with Gasteiger partial charge in [0.2, 0.25) is 0 Å². The van der Waals surface area contributed by atoms with Crippen LogP contribution >= 0.6 is 0 Å². The van der Waals surface area contributed by atoms with Crippen LogP contribution < -0.4 is 0 Å². The molecule has 2 rings (SSSR count). The molecule has 2 aromatic rings. The Bertz CT molecular complexity index is 768. The minimum atomic E-state index is -4.55. The van der Waals surface area contributed by atoms with E-state index >= 15 is 0 Å². The van der Waals surface area contributed by atoms with Crippen LogP contribution in [0.5, 0.6) is 0 Å². The van der Waals surface area contributed by atoms with E-state index in [-0.39, 0.29) is 5.69 Å². The van der Waals surface area contributed by atoms with Gasteiger partial charge in [0.25, 0.3) is 0 Å². The van der Waals surface area contributed by atoms with Gasteiger partial charge < -0.3 is 0 Å². The van der Waals surface area contributed by atoms with Crippen LogP contribution in [0, 0.1) is 23.7 Å². The standard InChI is InChI=1S/C18H10F3N/c19-18(20,21)16(12-13-17-11-4-5-14-22-17)10-6-9-15-7-2-1-3-8-15/h1-5,7-8,10-11,14H/b16-10+. The van der Waals surface area contributed by atoms with E-state index in [9.17, 15) is 13.2 Å². The van der Waals surface area contributed by atoms with Gasteiger partial charge in [-0.2, -0.15) is 13.2 Å². The first kappa shape index (κ1) is 15.4. The van der Waals surface area contributed by atoms with Gasteiger partial charge in [0.05, 0.1) is 0 Å². The molecule has 0 radical (unpaired) electrons. The monoisotopic (exact) mass is 297 g/mol. The Balaban J connectivity index is 2.27. The lowest BCUT2D eigenvalue weighted by Crippen LogP contribution is -2.10. The van der Waals surface area contributed by atoms with E-state index in [4.69, 9.17) is 0 Å². The summed E-state index contributed by atoms with van der Waals surface area (Å²) in [4.78, 5) is 3.86. The minimum Gasteiger partial charge on any atom is -0.248 e. The fourth-order valence-corrected chi connectivity index (χ4v) is 1.47. The van der Waals surface area contributed by atoms with Crippen LogP contribution in [0.25, 0.3) is 0 Å². The van der Waals surface area contributed by atoms with E-state index in [0.29, 0.717) is 5.56 Å². The molecule has 0 saturated heterocycles. The Morgan fingerprint density at radius 2 is 1.68 bits per heavy atom. The van der Waals surface area contributed by atoms with E-state index in [0.717, 1.165) is 6.08 Å². The summed E-state index contributed by atoms with van der Waals surface area (Å²) in [5.74, 6) is 9.49. The van der Waals surface area contributed by atoms with Gasteiger partial charge in [-0.05, 0) is 30.2 Å². The molecule has 0 bridgehead atoms. The first-order chi connectivity index (χ1) is 10.6. The second-order valence-corrected chi connectivity index (χ2v) is 4.16. The smallest absolute Gasteiger partial charge is 0.248 e. The molecule has 108 valence electrons. The van der Waals surface area contributed by atoms with Crippen molar-refractivity contribution in [2.24, 2.45) is 0 Å². The van der Waals surface area contributed by atoms with E-state index in [1.807, 2.05) is 0 Å². The summed E-state index contributed by atoms with van der Waals surface area (Å²) in [6.07, 6.45) is -2.30. The van der Waals surface area contributed by atoms with E-state index in [1.54, 1.807) is 42.5 Å². The second-order valence-electron chi connectivity index (χ2n) is 4.16. The molecule has 0 fully saturated rings. The zero-order valence-electron chi connectivity index (χ0n) is 11.4. The van der Waals surface area contributed by atoms with E-state index < -0.39 is 11.7 Å². The van der Waals surface area contributed by atoms with Crippen LogP contribution in [0.1, 0.15) is 11.3 Å². The van der Waals surface area contributed by atoms with Crippen LogP contribution in [0.4, 0.5) is 13.2 Å². The number of nitrogens with zero attached hydrogens (tertiary/aromatic N) is 1. The van der Waals surface area contributed by atoms with Crippen molar-refractivity contribution >= 4 is 0 Å². The summed E-state index contributed by atoms with van der Waals surface area (Å²) >= 11 is 0. The summed E-state index contributed by atoms with van der Waals surface area (Å²) < 4.78 is 38.7. The van der Waals surface area contributed by atoms with Crippen molar-refractivity contribution in [2.75, 3.05) is 0 Å². The van der Waals surface area contributed by atoms with Gasteiger partial charge in [-0.3, -0.25) is 0 Å². The molecule has 1 aromatic carbocycles. The fraction of sp³-hybridized carbons (Fsp3) is 0.0556. The molecule has 1 nitrogen and oxygen atoms in total. The number of benzene rings is 1. The number of allylic oxidation sites excluding steroid dienone is 2. The third-order valence-corrected chi connectivity index (χ3v) is 2.50. The molecule has 22 heavy (non-hydrogen) atoms. The van der Waals surface area contributed by atoms with Crippen LogP contribution in [0.3, 0.4) is 0 Å². The zero-order valence-corrected chi connectivity index (χ0v) is 11.4. The molecule has 0 saturated carbocycles. The highest BCUT2D eigenvalue weighted by Gasteiger charge is 2.32. The molecule has 0 N–H and O–H groups in total. The lowest BCUT2D eigenvalue weighted by Gasteiger charge is -2.02. The molecule has 0 atom stereocenters. The van der Waals surface area contributed by atoms with Crippen LogP contribution in [0.2, 0.25) is 0 Å². The highest BCUT2D eigenvalue weighted by Crippen LogP contribution is 2.24. The maximum Gasteiger partial charge on any atom is 0.424 e. The number of pyridine rings is 1. The number of aromatic nitrogens is 1. The van der Waals surface area contributed by atoms with Gasteiger partial charge >= 0.3 is 6.18 Å². The van der Waals surface area contributed by atoms with Crippen molar-refractivity contribution < 1.29 is 13.2 Å². The molecular weight excluding hydrogens is 287 g/mol. The number of hydrogen-bond acceptors (Lipinski definition) is 1. The first-order valence-electron chi connectivity index (χ1n) is 6.33. The Morgan fingerprint density at radius 1 is 0.955 bits per heavy atom. The number of halogens is 3. The van der Waals surface area contributed by atoms with Crippen molar-refractivity contribution in [2.45, 2.75) is 6.18 Å². The Morgan fingerprint density at radius 3 is 2.32 bits per heavy atom.